The van der Waals surface area contributed by atoms with Crippen molar-refractivity contribution in [1.82, 2.24) is 9.88 Å². The first-order chi connectivity index (χ1) is 10.0. The highest BCUT2D eigenvalue weighted by molar-refractivity contribution is 5.99. The molecule has 0 radical (unpaired) electrons. The number of hydrogen-bond acceptors (Lipinski definition) is 4. The highest BCUT2D eigenvalue weighted by atomic mass is 19.1. The van der Waals surface area contributed by atoms with E-state index in [-0.39, 0.29) is 11.6 Å². The molecular weight excluding hydrogens is 269 g/mol. The van der Waals surface area contributed by atoms with Gasteiger partial charge in [0.15, 0.2) is 5.78 Å². The molecule has 1 heterocycles. The highest BCUT2D eigenvalue weighted by Gasteiger charge is 2.28. The zero-order chi connectivity index (χ0) is 15.4. The van der Waals surface area contributed by atoms with Crippen LogP contribution in [0.15, 0.2) is 36.3 Å². The second kappa shape index (κ2) is 6.33. The third-order valence-electron chi connectivity index (χ3n) is 3.01. The van der Waals surface area contributed by atoms with Crippen LogP contribution < -0.4 is 5.73 Å². The zero-order valence-electron chi connectivity index (χ0n) is 11.9. The van der Waals surface area contributed by atoms with E-state index < -0.39 is 11.7 Å². The number of pyridine rings is 1. The average molecular weight is 285 g/mol. The van der Waals surface area contributed by atoms with E-state index >= 15 is 0 Å². The number of nitrogens with two attached hydrogens (primary N) is 1. The van der Waals surface area contributed by atoms with E-state index in [2.05, 4.69) is 16.8 Å². The van der Waals surface area contributed by atoms with Gasteiger partial charge in [0.05, 0.1) is 18.0 Å². The van der Waals surface area contributed by atoms with Crippen LogP contribution in [0.3, 0.4) is 0 Å². The third-order valence-corrected chi connectivity index (χ3v) is 3.01. The van der Waals surface area contributed by atoms with Gasteiger partial charge in [-0.2, -0.15) is 0 Å². The van der Waals surface area contributed by atoms with Crippen molar-refractivity contribution in [1.29, 1.82) is 0 Å². The maximum atomic E-state index is 14.0. The number of carbonyl (C=O) groups is 1. The molecule has 0 spiro atoms. The van der Waals surface area contributed by atoms with Crippen molar-refractivity contribution in [3.8, 4) is 11.8 Å². The Labute approximate surface area is 123 Å². The lowest BCUT2D eigenvalue weighted by molar-refractivity contribution is -0.115. The minimum Gasteiger partial charge on any atom is -0.383 e. The molecule has 0 saturated heterocycles. The van der Waals surface area contributed by atoms with E-state index in [1.54, 1.807) is 6.07 Å². The van der Waals surface area contributed by atoms with Crippen LogP contribution in [0.25, 0.3) is 0 Å². The lowest BCUT2D eigenvalue weighted by Gasteiger charge is -2.17. The normalized spacial score (nSPS) is 17.4. The molecule has 1 aliphatic carbocycles. The lowest BCUT2D eigenvalue weighted by atomic mass is 9.88. The molecule has 0 amide bonds. The summed E-state index contributed by atoms with van der Waals surface area (Å²) in [5.74, 6) is 4.22. The summed E-state index contributed by atoms with van der Waals surface area (Å²) in [6.07, 6.45) is 5.48. The Morgan fingerprint density at radius 3 is 2.90 bits per heavy atom. The maximum absolute atomic E-state index is 14.0. The summed E-state index contributed by atoms with van der Waals surface area (Å²) in [7, 11) is 3.78. The number of anilines is 1. The van der Waals surface area contributed by atoms with Gasteiger partial charge in [-0.1, -0.05) is 17.9 Å². The Balaban J connectivity index is 2.46. The fourth-order valence-corrected chi connectivity index (χ4v) is 2.02. The molecule has 4 nitrogen and oxygen atoms in total. The smallest absolute Gasteiger partial charge is 0.169 e. The SMILES string of the molecule is CN(C)CC#Cc1c(C2C(=O)C=CC=C2F)ccnc1N. The number of ketones is 1. The molecule has 1 aromatic heterocycles. The van der Waals surface area contributed by atoms with Crippen molar-refractivity contribution in [3.63, 3.8) is 0 Å². The largest absolute Gasteiger partial charge is 0.383 e. The van der Waals surface area contributed by atoms with Crippen LogP contribution in [0, 0.1) is 11.8 Å². The Bertz CT molecular complexity index is 680. The fraction of sp³-hybridized carbons (Fsp3) is 0.250. The van der Waals surface area contributed by atoms with Crippen molar-refractivity contribution in [2.24, 2.45) is 0 Å². The Kier molecular flexibility index (Phi) is 4.51. The molecule has 0 fully saturated rings. The van der Waals surface area contributed by atoms with Crippen molar-refractivity contribution in [2.45, 2.75) is 5.92 Å². The van der Waals surface area contributed by atoms with Gasteiger partial charge in [-0.3, -0.25) is 9.69 Å². The van der Waals surface area contributed by atoms with Gasteiger partial charge in [0, 0.05) is 6.20 Å². The minimum absolute atomic E-state index is 0.203. The van der Waals surface area contributed by atoms with Crippen LogP contribution in [0.1, 0.15) is 17.0 Å². The highest BCUT2D eigenvalue weighted by Crippen LogP contribution is 2.32. The molecule has 108 valence electrons. The molecule has 5 heteroatoms. The van der Waals surface area contributed by atoms with Gasteiger partial charge in [-0.05, 0) is 37.9 Å². The van der Waals surface area contributed by atoms with E-state index in [9.17, 15) is 9.18 Å². The second-order valence-electron chi connectivity index (χ2n) is 4.95. The quantitative estimate of drug-likeness (QED) is 0.839. The number of allylic oxidation sites excluding steroid dienone is 4. The molecular formula is C16H16FN3O. The van der Waals surface area contributed by atoms with E-state index in [0.29, 0.717) is 17.7 Å². The van der Waals surface area contributed by atoms with Crippen molar-refractivity contribution in [3.05, 3.63) is 47.4 Å². The number of aromatic nitrogens is 1. The van der Waals surface area contributed by atoms with Crippen LogP contribution in [0.5, 0.6) is 0 Å². The van der Waals surface area contributed by atoms with Crippen LogP contribution in [0.2, 0.25) is 0 Å². The summed E-state index contributed by atoms with van der Waals surface area (Å²) in [6.45, 7) is 0.532. The first-order valence-corrected chi connectivity index (χ1v) is 6.46. The summed E-state index contributed by atoms with van der Waals surface area (Å²) in [5.41, 5.74) is 6.71. The monoisotopic (exact) mass is 285 g/mol. The molecule has 0 aromatic carbocycles. The van der Waals surface area contributed by atoms with Gasteiger partial charge in [-0.25, -0.2) is 9.37 Å². The van der Waals surface area contributed by atoms with Crippen LogP contribution >= 0.6 is 0 Å². The van der Waals surface area contributed by atoms with Gasteiger partial charge < -0.3 is 5.73 Å². The number of nitrogens with zero attached hydrogens (tertiary/aromatic N) is 2. The van der Waals surface area contributed by atoms with Crippen LogP contribution in [0.4, 0.5) is 10.2 Å². The topological polar surface area (TPSA) is 59.2 Å². The average Bonchev–Trinajstić information content (AvgIpc) is 2.41. The molecule has 0 saturated carbocycles. The summed E-state index contributed by atoms with van der Waals surface area (Å²) >= 11 is 0. The summed E-state index contributed by atoms with van der Waals surface area (Å²) in [6, 6.07) is 1.59. The molecule has 1 atom stereocenters. The van der Waals surface area contributed by atoms with E-state index in [1.807, 2.05) is 19.0 Å². The van der Waals surface area contributed by atoms with Gasteiger partial charge in [-0.15, -0.1) is 0 Å². The second-order valence-corrected chi connectivity index (χ2v) is 4.95. The van der Waals surface area contributed by atoms with E-state index in [4.69, 9.17) is 5.73 Å². The number of halogens is 1. The molecule has 21 heavy (non-hydrogen) atoms. The molecule has 0 bridgehead atoms. The summed E-state index contributed by atoms with van der Waals surface area (Å²) in [5, 5.41) is 0. The molecule has 1 aliphatic rings. The first-order valence-electron chi connectivity index (χ1n) is 6.46. The predicted molar refractivity (Wildman–Crippen MR) is 80.2 cm³/mol. The summed E-state index contributed by atoms with van der Waals surface area (Å²) < 4.78 is 14.0. The lowest BCUT2D eigenvalue weighted by Crippen LogP contribution is -2.16. The number of nitrogen functional groups attached to an aromatic ring is 1. The molecule has 2 N–H and O–H groups in total. The van der Waals surface area contributed by atoms with E-state index in [1.165, 1.54) is 24.4 Å². The van der Waals surface area contributed by atoms with Crippen molar-refractivity contribution >= 4 is 11.6 Å². The number of rotatable bonds is 2. The predicted octanol–water partition coefficient (Wildman–Crippen LogP) is 1.65. The van der Waals surface area contributed by atoms with Crippen molar-refractivity contribution < 1.29 is 9.18 Å². The van der Waals surface area contributed by atoms with Gasteiger partial charge in [0.25, 0.3) is 0 Å². The fourth-order valence-electron chi connectivity index (χ4n) is 2.02. The van der Waals surface area contributed by atoms with E-state index in [0.717, 1.165) is 0 Å². The first kappa shape index (κ1) is 14.9. The Morgan fingerprint density at radius 2 is 2.24 bits per heavy atom. The van der Waals surface area contributed by atoms with Gasteiger partial charge in [0.2, 0.25) is 0 Å². The molecule has 0 aliphatic heterocycles. The zero-order valence-corrected chi connectivity index (χ0v) is 11.9. The number of hydrogen-bond donors (Lipinski definition) is 1. The standard InChI is InChI=1S/C16H16FN3O/c1-20(2)10-4-5-12-11(8-9-19-16(12)18)15-13(17)6-3-7-14(15)21/h3,6-9,15H,10H2,1-2H3,(H2,18,19). The molecule has 1 aromatic rings. The van der Waals surface area contributed by atoms with Crippen LogP contribution in [-0.2, 0) is 4.79 Å². The molecule has 1 unspecified atom stereocenters. The third kappa shape index (κ3) is 3.36. The maximum Gasteiger partial charge on any atom is 0.169 e. The van der Waals surface area contributed by atoms with Gasteiger partial charge >= 0.3 is 0 Å². The Hall–Kier alpha value is -2.45. The minimum atomic E-state index is -0.982. The molecule has 2 rings (SSSR count). The van der Waals surface area contributed by atoms with Crippen molar-refractivity contribution in [2.75, 3.05) is 26.4 Å². The summed E-state index contributed by atoms with van der Waals surface area (Å²) in [4.78, 5) is 17.8. The Morgan fingerprint density at radius 1 is 1.48 bits per heavy atom. The van der Waals surface area contributed by atoms with Gasteiger partial charge in [0.1, 0.15) is 11.6 Å². The number of carbonyl (C=O) groups excluding carboxylic acids is 1. The van der Waals surface area contributed by atoms with Crippen LogP contribution in [-0.4, -0.2) is 36.3 Å².